The number of rotatable bonds is 5. The minimum absolute atomic E-state index is 0.223. The zero-order chi connectivity index (χ0) is 13.1. The van der Waals surface area contributed by atoms with Gasteiger partial charge in [0.05, 0.1) is 5.54 Å². The van der Waals surface area contributed by atoms with Crippen LogP contribution in [0, 0.1) is 0 Å². The normalized spacial score (nSPS) is 17.4. The maximum absolute atomic E-state index is 11.6. The van der Waals surface area contributed by atoms with Gasteiger partial charge in [0.15, 0.2) is 0 Å². The van der Waals surface area contributed by atoms with E-state index in [1.807, 2.05) is 27.7 Å². The van der Waals surface area contributed by atoms with Crippen LogP contribution in [0.4, 0.5) is 4.79 Å². The van der Waals surface area contributed by atoms with E-state index in [2.05, 4.69) is 5.32 Å². The van der Waals surface area contributed by atoms with Crippen LogP contribution in [0.1, 0.15) is 59.8 Å². The minimum Gasteiger partial charge on any atom is -0.444 e. The molecule has 0 bridgehead atoms. The zero-order valence-electron chi connectivity index (χ0n) is 11.3. The predicted molar refractivity (Wildman–Crippen MR) is 65.9 cm³/mol. The fraction of sp³-hybridized carbons (Fsp3) is 0.846. The number of Topliss-reactive ketones (excluding diaryl/α,β-unsaturated/α-hetero) is 1. The van der Waals surface area contributed by atoms with Crippen LogP contribution in [-0.4, -0.2) is 23.0 Å². The lowest BCUT2D eigenvalue weighted by molar-refractivity contribution is -0.119. The molecule has 4 nitrogen and oxygen atoms in total. The highest BCUT2D eigenvalue weighted by atomic mass is 16.6. The van der Waals surface area contributed by atoms with Crippen molar-refractivity contribution in [2.24, 2.45) is 0 Å². The Bertz CT molecular complexity index is 300. The van der Waals surface area contributed by atoms with Crippen molar-refractivity contribution < 1.29 is 14.3 Å². The summed E-state index contributed by atoms with van der Waals surface area (Å²) < 4.78 is 5.19. The van der Waals surface area contributed by atoms with Gasteiger partial charge in [-0.2, -0.15) is 0 Å². The molecule has 17 heavy (non-hydrogen) atoms. The standard InChI is InChI=1S/C13H23NO3/c1-5-6-10(15)9-13(7-8-13)14-11(16)17-12(2,3)4/h5-9H2,1-4H3,(H,14,16). The van der Waals surface area contributed by atoms with Gasteiger partial charge in [0.25, 0.3) is 0 Å². The molecule has 0 unspecified atom stereocenters. The van der Waals surface area contributed by atoms with Gasteiger partial charge >= 0.3 is 6.09 Å². The van der Waals surface area contributed by atoms with E-state index in [4.69, 9.17) is 4.74 Å². The summed E-state index contributed by atoms with van der Waals surface area (Å²) in [5.74, 6) is 0.223. The number of ketones is 1. The third-order valence-electron chi connectivity index (χ3n) is 2.68. The smallest absolute Gasteiger partial charge is 0.408 e. The van der Waals surface area contributed by atoms with Crippen LogP contribution in [0.3, 0.4) is 0 Å². The minimum atomic E-state index is -0.492. The van der Waals surface area contributed by atoms with Gasteiger partial charge in [-0.25, -0.2) is 4.79 Å². The molecule has 1 aliphatic carbocycles. The molecule has 0 spiro atoms. The van der Waals surface area contributed by atoms with E-state index in [1.54, 1.807) is 0 Å². The van der Waals surface area contributed by atoms with Crippen molar-refractivity contribution in [3.05, 3.63) is 0 Å². The number of carbonyl (C=O) groups is 2. The summed E-state index contributed by atoms with van der Waals surface area (Å²) in [6.45, 7) is 7.47. The van der Waals surface area contributed by atoms with Crippen LogP contribution in [0.2, 0.25) is 0 Å². The summed E-state index contributed by atoms with van der Waals surface area (Å²) in [4.78, 5) is 23.2. The van der Waals surface area contributed by atoms with Crippen molar-refractivity contribution >= 4 is 11.9 Å². The van der Waals surface area contributed by atoms with Crippen LogP contribution in [0.5, 0.6) is 0 Å². The number of ether oxygens (including phenoxy) is 1. The Kier molecular flexibility index (Phi) is 4.17. The van der Waals surface area contributed by atoms with Crippen molar-refractivity contribution in [3.63, 3.8) is 0 Å². The molecule has 0 heterocycles. The van der Waals surface area contributed by atoms with Crippen molar-refractivity contribution in [1.29, 1.82) is 0 Å². The van der Waals surface area contributed by atoms with E-state index >= 15 is 0 Å². The second-order valence-corrected chi connectivity index (χ2v) is 5.87. The van der Waals surface area contributed by atoms with E-state index in [1.165, 1.54) is 0 Å². The third-order valence-corrected chi connectivity index (χ3v) is 2.68. The second kappa shape index (κ2) is 5.07. The summed E-state index contributed by atoms with van der Waals surface area (Å²) >= 11 is 0. The molecule has 1 saturated carbocycles. The second-order valence-electron chi connectivity index (χ2n) is 5.87. The maximum atomic E-state index is 11.6. The molecule has 1 aliphatic rings. The lowest BCUT2D eigenvalue weighted by Crippen LogP contribution is -2.41. The molecule has 0 aromatic rings. The first-order chi connectivity index (χ1) is 7.76. The van der Waals surface area contributed by atoms with Crippen molar-refractivity contribution in [2.45, 2.75) is 70.9 Å². The monoisotopic (exact) mass is 241 g/mol. The topological polar surface area (TPSA) is 55.4 Å². The van der Waals surface area contributed by atoms with Crippen LogP contribution in [0.25, 0.3) is 0 Å². The maximum Gasteiger partial charge on any atom is 0.408 e. The highest BCUT2D eigenvalue weighted by Crippen LogP contribution is 2.39. The molecular formula is C13H23NO3. The van der Waals surface area contributed by atoms with Gasteiger partial charge < -0.3 is 10.1 Å². The fourth-order valence-electron chi connectivity index (χ4n) is 1.76. The number of alkyl carbamates (subject to hydrolysis) is 1. The molecule has 0 saturated heterocycles. The Balaban J connectivity index is 2.40. The predicted octanol–water partition coefficient (Wildman–Crippen LogP) is 2.80. The van der Waals surface area contributed by atoms with Gasteiger partial charge in [-0.05, 0) is 40.0 Å². The lowest BCUT2D eigenvalue weighted by Gasteiger charge is -2.23. The van der Waals surface area contributed by atoms with E-state index < -0.39 is 11.7 Å². The summed E-state index contributed by atoms with van der Waals surface area (Å²) in [6.07, 6.45) is 3.24. The number of nitrogens with one attached hydrogen (secondary N) is 1. The number of hydrogen-bond donors (Lipinski definition) is 1. The molecule has 1 N–H and O–H groups in total. The van der Waals surface area contributed by atoms with E-state index in [9.17, 15) is 9.59 Å². The largest absolute Gasteiger partial charge is 0.444 e. The first-order valence-corrected chi connectivity index (χ1v) is 6.29. The van der Waals surface area contributed by atoms with E-state index in [-0.39, 0.29) is 11.3 Å². The molecular weight excluding hydrogens is 218 g/mol. The summed E-state index contributed by atoms with van der Waals surface area (Å²) in [6, 6.07) is 0. The summed E-state index contributed by atoms with van der Waals surface area (Å²) in [5, 5.41) is 2.83. The first-order valence-electron chi connectivity index (χ1n) is 6.29. The molecule has 1 amide bonds. The molecule has 4 heteroatoms. The van der Waals surface area contributed by atoms with Gasteiger partial charge in [0.2, 0.25) is 0 Å². The molecule has 0 radical (unpaired) electrons. The Morgan fingerprint density at radius 2 is 1.88 bits per heavy atom. The number of carbonyl (C=O) groups excluding carboxylic acids is 2. The van der Waals surface area contributed by atoms with Crippen LogP contribution in [0.15, 0.2) is 0 Å². The Morgan fingerprint density at radius 3 is 2.29 bits per heavy atom. The van der Waals surface area contributed by atoms with E-state index in [0.29, 0.717) is 12.8 Å². The first kappa shape index (κ1) is 14.0. The van der Waals surface area contributed by atoms with Crippen LogP contribution >= 0.6 is 0 Å². The number of amides is 1. The molecule has 1 rings (SSSR count). The highest BCUT2D eigenvalue weighted by molar-refractivity contribution is 5.81. The average Bonchev–Trinajstić information content (AvgIpc) is 2.80. The molecule has 1 fully saturated rings. The van der Waals surface area contributed by atoms with E-state index in [0.717, 1.165) is 19.3 Å². The van der Waals surface area contributed by atoms with Gasteiger partial charge in [-0.3, -0.25) is 4.79 Å². The average molecular weight is 241 g/mol. The van der Waals surface area contributed by atoms with Crippen molar-refractivity contribution in [1.82, 2.24) is 5.32 Å². The highest BCUT2D eigenvalue weighted by Gasteiger charge is 2.46. The SMILES string of the molecule is CCCC(=O)CC1(NC(=O)OC(C)(C)C)CC1. The summed E-state index contributed by atoms with van der Waals surface area (Å²) in [5.41, 5.74) is -0.803. The lowest BCUT2D eigenvalue weighted by atomic mass is 10.1. The Labute approximate surface area is 103 Å². The molecule has 0 aliphatic heterocycles. The molecule has 0 atom stereocenters. The zero-order valence-corrected chi connectivity index (χ0v) is 11.3. The van der Waals surface area contributed by atoms with Gasteiger partial charge in [0, 0.05) is 12.8 Å². The fourth-order valence-corrected chi connectivity index (χ4v) is 1.76. The third kappa shape index (κ3) is 5.20. The van der Waals surface area contributed by atoms with Crippen LogP contribution < -0.4 is 5.32 Å². The van der Waals surface area contributed by atoms with Gasteiger partial charge in [-0.15, -0.1) is 0 Å². The van der Waals surface area contributed by atoms with Crippen molar-refractivity contribution in [2.75, 3.05) is 0 Å². The van der Waals surface area contributed by atoms with Crippen LogP contribution in [-0.2, 0) is 9.53 Å². The van der Waals surface area contributed by atoms with Gasteiger partial charge in [0.1, 0.15) is 11.4 Å². The number of hydrogen-bond acceptors (Lipinski definition) is 3. The molecule has 0 aromatic heterocycles. The molecule has 0 aromatic carbocycles. The Morgan fingerprint density at radius 1 is 1.29 bits per heavy atom. The van der Waals surface area contributed by atoms with Gasteiger partial charge in [-0.1, -0.05) is 6.92 Å². The molecule has 98 valence electrons. The van der Waals surface area contributed by atoms with Crippen molar-refractivity contribution in [3.8, 4) is 0 Å². The summed E-state index contributed by atoms with van der Waals surface area (Å²) in [7, 11) is 0. The quantitative estimate of drug-likeness (QED) is 0.805. The Hall–Kier alpha value is -1.06.